The second kappa shape index (κ2) is 9.62. The Bertz CT molecular complexity index is 863. The summed E-state index contributed by atoms with van der Waals surface area (Å²) in [6.07, 6.45) is 0. The Morgan fingerprint density at radius 1 is 1.00 bits per heavy atom. The van der Waals surface area contributed by atoms with Crippen LogP contribution in [0.25, 0.3) is 0 Å². The maximum Gasteiger partial charge on any atom is 0.275 e. The molecule has 0 aliphatic heterocycles. The quantitative estimate of drug-likeness (QED) is 0.592. The van der Waals surface area contributed by atoms with Crippen molar-refractivity contribution < 1.29 is 14.5 Å². The number of nitrogens with two attached hydrogens (primary N) is 1. The van der Waals surface area contributed by atoms with Gasteiger partial charge in [-0.2, -0.15) is 0 Å². The zero-order valence-electron chi connectivity index (χ0n) is 16.1. The molecule has 0 bridgehead atoms. The smallest absolute Gasteiger partial charge is 0.275 e. The van der Waals surface area contributed by atoms with Crippen molar-refractivity contribution in [2.75, 3.05) is 6.54 Å². The maximum absolute atomic E-state index is 13.3. The average Bonchev–Trinajstić information content (AvgIpc) is 3.22. The molecule has 3 aromatic rings. The van der Waals surface area contributed by atoms with Crippen LogP contribution in [0.1, 0.15) is 41.9 Å². The topological polar surface area (TPSA) is 45.7 Å². The summed E-state index contributed by atoms with van der Waals surface area (Å²) in [7, 11) is 0. The molecule has 2 aromatic carbocycles. The molecule has 3 nitrogen and oxygen atoms in total. The van der Waals surface area contributed by atoms with Crippen molar-refractivity contribution in [3.8, 4) is 0 Å². The van der Waals surface area contributed by atoms with Gasteiger partial charge in [-0.15, -0.1) is 11.3 Å². The van der Waals surface area contributed by atoms with E-state index in [9.17, 15) is 9.18 Å². The van der Waals surface area contributed by atoms with Gasteiger partial charge in [0.15, 0.2) is 6.54 Å². The molecule has 1 aromatic heterocycles. The molecule has 3 N–H and O–H groups in total. The zero-order chi connectivity index (χ0) is 19.9. The molecule has 146 valence electrons. The number of carbonyl (C=O) groups excluding carboxylic acids is 1. The van der Waals surface area contributed by atoms with E-state index in [1.807, 2.05) is 35.7 Å². The molecule has 0 saturated carbocycles. The van der Waals surface area contributed by atoms with Crippen molar-refractivity contribution in [1.29, 1.82) is 0 Å². The molecule has 1 amide bonds. The summed E-state index contributed by atoms with van der Waals surface area (Å²) in [4.78, 5) is 13.8. The number of carbonyl (C=O) groups is 1. The summed E-state index contributed by atoms with van der Waals surface area (Å²) in [5.74, 6) is 0.0840. The van der Waals surface area contributed by atoms with E-state index in [0.29, 0.717) is 12.5 Å². The molecule has 0 unspecified atom stereocenters. The lowest BCUT2D eigenvalue weighted by Crippen LogP contribution is -2.88. The van der Waals surface area contributed by atoms with Crippen molar-refractivity contribution in [2.45, 2.75) is 25.9 Å². The first kappa shape index (κ1) is 20.2. The van der Waals surface area contributed by atoms with E-state index in [1.54, 1.807) is 23.5 Å². The van der Waals surface area contributed by atoms with Crippen LogP contribution in [0.15, 0.2) is 72.1 Å². The lowest BCUT2D eigenvalue weighted by Gasteiger charge is -2.21. The molecule has 5 heteroatoms. The lowest BCUT2D eigenvalue weighted by molar-refractivity contribution is -0.692. The Morgan fingerprint density at radius 3 is 2.32 bits per heavy atom. The highest BCUT2D eigenvalue weighted by molar-refractivity contribution is 7.10. The van der Waals surface area contributed by atoms with Gasteiger partial charge in [0.1, 0.15) is 11.9 Å². The van der Waals surface area contributed by atoms with Crippen LogP contribution in [0.3, 0.4) is 0 Å². The normalized spacial score (nSPS) is 13.3. The summed E-state index contributed by atoms with van der Waals surface area (Å²) in [5, 5.41) is 7.19. The van der Waals surface area contributed by atoms with Gasteiger partial charge in [-0.25, -0.2) is 4.39 Å². The molecule has 1 heterocycles. The van der Waals surface area contributed by atoms with Gasteiger partial charge in [-0.1, -0.05) is 62.4 Å². The molecular weight excluding hydrogens is 371 g/mol. The minimum atomic E-state index is -0.282. The number of rotatable bonds is 8. The third kappa shape index (κ3) is 5.27. The maximum atomic E-state index is 13.3. The summed E-state index contributed by atoms with van der Waals surface area (Å²) >= 11 is 1.58. The van der Waals surface area contributed by atoms with E-state index in [1.165, 1.54) is 17.7 Å². The van der Waals surface area contributed by atoms with E-state index in [4.69, 9.17) is 0 Å². The predicted octanol–water partition coefficient (Wildman–Crippen LogP) is 4.05. The van der Waals surface area contributed by atoms with E-state index in [2.05, 4.69) is 36.6 Å². The monoisotopic (exact) mass is 397 g/mol. The minimum absolute atomic E-state index is 0.0377. The number of nitrogens with one attached hydrogen (secondary N) is 1. The molecule has 0 radical (unpaired) electrons. The highest BCUT2D eigenvalue weighted by Gasteiger charge is 2.23. The third-order valence-corrected chi connectivity index (χ3v) is 5.73. The highest BCUT2D eigenvalue weighted by Crippen LogP contribution is 2.26. The molecule has 0 saturated heterocycles. The Morgan fingerprint density at radius 2 is 1.71 bits per heavy atom. The summed E-state index contributed by atoms with van der Waals surface area (Å²) in [6.45, 7) is 4.67. The number of benzene rings is 2. The average molecular weight is 398 g/mol. The number of amides is 1. The fourth-order valence-electron chi connectivity index (χ4n) is 3.35. The molecule has 0 aliphatic rings. The van der Waals surface area contributed by atoms with Crippen molar-refractivity contribution in [1.82, 2.24) is 5.32 Å². The minimum Gasteiger partial charge on any atom is -0.339 e. The molecule has 0 fully saturated rings. The lowest BCUT2D eigenvalue weighted by atomic mass is 9.96. The number of quaternary nitrogens is 1. The van der Waals surface area contributed by atoms with Crippen LogP contribution in [-0.2, 0) is 4.79 Å². The SMILES string of the molecule is CC(C)[C@H]([NH2+]CC(=O)N[C@@H](c1ccc(F)cc1)c1cccs1)c1ccccc1. The van der Waals surface area contributed by atoms with Gasteiger partial charge in [0.2, 0.25) is 0 Å². The van der Waals surface area contributed by atoms with Gasteiger partial charge in [0, 0.05) is 16.4 Å². The van der Waals surface area contributed by atoms with E-state index in [-0.39, 0.29) is 23.8 Å². The summed E-state index contributed by atoms with van der Waals surface area (Å²) < 4.78 is 13.3. The van der Waals surface area contributed by atoms with Gasteiger partial charge in [-0.3, -0.25) is 4.79 Å². The summed E-state index contributed by atoms with van der Waals surface area (Å²) in [6, 6.07) is 20.5. The second-order valence-corrected chi connectivity index (χ2v) is 8.17. The van der Waals surface area contributed by atoms with Gasteiger partial charge in [0.05, 0.1) is 6.04 Å². The van der Waals surface area contributed by atoms with Crippen molar-refractivity contribution in [3.63, 3.8) is 0 Å². The second-order valence-electron chi connectivity index (χ2n) is 7.19. The van der Waals surface area contributed by atoms with Crippen molar-refractivity contribution in [2.24, 2.45) is 5.92 Å². The number of hydrogen-bond acceptors (Lipinski definition) is 2. The van der Waals surface area contributed by atoms with Crippen molar-refractivity contribution in [3.05, 3.63) is 93.9 Å². The highest BCUT2D eigenvalue weighted by atomic mass is 32.1. The first-order chi connectivity index (χ1) is 13.5. The van der Waals surface area contributed by atoms with Gasteiger partial charge in [-0.05, 0) is 29.1 Å². The van der Waals surface area contributed by atoms with Crippen LogP contribution < -0.4 is 10.6 Å². The van der Waals surface area contributed by atoms with Crippen LogP contribution in [0.5, 0.6) is 0 Å². The Balaban J connectivity index is 1.69. The molecule has 0 aliphatic carbocycles. The van der Waals surface area contributed by atoms with Crippen LogP contribution in [0.2, 0.25) is 0 Å². The number of halogens is 1. The van der Waals surface area contributed by atoms with E-state index < -0.39 is 0 Å². The Labute approximate surface area is 169 Å². The van der Waals surface area contributed by atoms with E-state index >= 15 is 0 Å². The molecule has 28 heavy (non-hydrogen) atoms. The van der Waals surface area contributed by atoms with Gasteiger partial charge < -0.3 is 10.6 Å². The number of thiophene rings is 1. The van der Waals surface area contributed by atoms with Gasteiger partial charge >= 0.3 is 0 Å². The van der Waals surface area contributed by atoms with Crippen LogP contribution in [-0.4, -0.2) is 12.5 Å². The van der Waals surface area contributed by atoms with Crippen LogP contribution in [0.4, 0.5) is 4.39 Å². The van der Waals surface area contributed by atoms with Crippen LogP contribution in [0, 0.1) is 11.7 Å². The molecule has 0 spiro atoms. The number of hydrogen-bond donors (Lipinski definition) is 2. The predicted molar refractivity (Wildman–Crippen MR) is 112 cm³/mol. The molecule has 2 atom stereocenters. The molecule has 3 rings (SSSR count). The standard InChI is InChI=1S/C23H25FN2OS/c1-16(2)22(17-7-4-3-5-8-17)25-15-21(27)26-23(20-9-6-14-28-20)18-10-12-19(24)13-11-18/h3-14,16,22-23,25H,15H2,1-2H3,(H,26,27)/p+1/t22-,23-/m0/s1. The molecular formula is C23H26FN2OS+. The van der Waals surface area contributed by atoms with Gasteiger partial charge in [0.25, 0.3) is 5.91 Å². The van der Waals surface area contributed by atoms with Crippen molar-refractivity contribution >= 4 is 17.2 Å². The Kier molecular flexibility index (Phi) is 6.95. The first-order valence-corrected chi connectivity index (χ1v) is 10.4. The van der Waals surface area contributed by atoms with E-state index in [0.717, 1.165) is 10.4 Å². The zero-order valence-corrected chi connectivity index (χ0v) is 17.0. The fourth-order valence-corrected chi connectivity index (χ4v) is 4.15. The fraction of sp³-hybridized carbons (Fsp3) is 0.261. The largest absolute Gasteiger partial charge is 0.339 e. The Hall–Kier alpha value is -2.50. The third-order valence-electron chi connectivity index (χ3n) is 4.80. The first-order valence-electron chi connectivity index (χ1n) is 9.51. The summed E-state index contributed by atoms with van der Waals surface area (Å²) in [5.41, 5.74) is 2.10. The van der Waals surface area contributed by atoms with Crippen LogP contribution >= 0.6 is 11.3 Å².